The van der Waals surface area contributed by atoms with Crippen LogP contribution >= 0.6 is 22.9 Å². The van der Waals surface area contributed by atoms with Crippen molar-refractivity contribution >= 4 is 34.5 Å². The molecule has 1 aliphatic rings. The van der Waals surface area contributed by atoms with Gasteiger partial charge < -0.3 is 19.1 Å². The average Bonchev–Trinajstić information content (AvgIpc) is 3.24. The van der Waals surface area contributed by atoms with Crippen LogP contribution in [0.1, 0.15) is 4.88 Å². The van der Waals surface area contributed by atoms with Gasteiger partial charge >= 0.3 is 0 Å². The van der Waals surface area contributed by atoms with Crippen LogP contribution in [0.4, 0.5) is 5.69 Å². The largest absolute Gasteiger partial charge is 0.486 e. The number of rotatable bonds is 6. The summed E-state index contributed by atoms with van der Waals surface area (Å²) in [6.45, 7) is 1.34. The van der Waals surface area contributed by atoms with E-state index in [2.05, 4.69) is 0 Å². The summed E-state index contributed by atoms with van der Waals surface area (Å²) in [4.78, 5) is 15.8. The van der Waals surface area contributed by atoms with E-state index in [1.807, 2.05) is 47.8 Å². The van der Waals surface area contributed by atoms with E-state index in [9.17, 15) is 4.79 Å². The van der Waals surface area contributed by atoms with Gasteiger partial charge in [-0.1, -0.05) is 29.8 Å². The van der Waals surface area contributed by atoms with Gasteiger partial charge in [0.15, 0.2) is 18.1 Å². The number of ether oxygens (including phenoxy) is 3. The summed E-state index contributed by atoms with van der Waals surface area (Å²) in [6, 6.07) is 16.6. The van der Waals surface area contributed by atoms with Crippen molar-refractivity contribution in [3.05, 3.63) is 69.9 Å². The van der Waals surface area contributed by atoms with Gasteiger partial charge in [0.1, 0.15) is 19.0 Å². The molecule has 1 amide bonds. The first-order valence-corrected chi connectivity index (χ1v) is 10.1. The normalized spacial score (nSPS) is 12.5. The SMILES string of the molecule is O=C(COc1ccccc1Cl)N(Cc1cccs1)c1ccc2c(c1)OCCO2. The van der Waals surface area contributed by atoms with Gasteiger partial charge in [-0.15, -0.1) is 11.3 Å². The number of para-hydroxylation sites is 1. The maximum Gasteiger partial charge on any atom is 0.265 e. The van der Waals surface area contributed by atoms with E-state index in [4.69, 9.17) is 25.8 Å². The second kappa shape index (κ2) is 8.54. The first-order chi connectivity index (χ1) is 13.7. The lowest BCUT2D eigenvalue weighted by atomic mass is 10.2. The maximum atomic E-state index is 13.0. The molecule has 0 atom stereocenters. The molecule has 0 bridgehead atoms. The standard InChI is InChI=1S/C21H18ClNO4S/c22-17-5-1-2-6-18(17)27-14-21(24)23(13-16-4-3-11-28-16)15-7-8-19-20(12-15)26-10-9-25-19/h1-8,11-12H,9-10,13-14H2. The molecule has 5 nitrogen and oxygen atoms in total. The van der Waals surface area contributed by atoms with Crippen LogP contribution in [0.5, 0.6) is 17.2 Å². The van der Waals surface area contributed by atoms with Crippen molar-refractivity contribution in [1.29, 1.82) is 0 Å². The van der Waals surface area contributed by atoms with E-state index in [1.54, 1.807) is 28.4 Å². The van der Waals surface area contributed by atoms with E-state index in [1.165, 1.54) is 0 Å². The second-order valence-corrected chi connectivity index (χ2v) is 7.55. The quantitative estimate of drug-likeness (QED) is 0.581. The van der Waals surface area contributed by atoms with Crippen molar-refractivity contribution in [3.8, 4) is 17.2 Å². The number of hydrogen-bond donors (Lipinski definition) is 0. The fourth-order valence-electron chi connectivity index (χ4n) is 2.86. The van der Waals surface area contributed by atoms with E-state index < -0.39 is 0 Å². The predicted molar refractivity (Wildman–Crippen MR) is 110 cm³/mol. The number of anilines is 1. The number of carbonyl (C=O) groups is 1. The number of fused-ring (bicyclic) bond motifs is 1. The Morgan fingerprint density at radius 1 is 1.07 bits per heavy atom. The number of carbonyl (C=O) groups excluding carboxylic acids is 1. The zero-order valence-corrected chi connectivity index (χ0v) is 16.5. The van der Waals surface area contributed by atoms with Crippen LogP contribution in [0.3, 0.4) is 0 Å². The third-order valence-electron chi connectivity index (χ3n) is 4.22. The number of amides is 1. The number of thiophene rings is 1. The van der Waals surface area contributed by atoms with Gasteiger partial charge in [-0.25, -0.2) is 0 Å². The Morgan fingerprint density at radius 2 is 1.89 bits per heavy atom. The summed E-state index contributed by atoms with van der Waals surface area (Å²) in [7, 11) is 0. The zero-order chi connectivity index (χ0) is 19.3. The van der Waals surface area contributed by atoms with Crippen LogP contribution in [-0.4, -0.2) is 25.7 Å². The topological polar surface area (TPSA) is 48.0 Å². The van der Waals surface area contributed by atoms with E-state index >= 15 is 0 Å². The number of benzene rings is 2. The molecule has 0 aliphatic carbocycles. The highest BCUT2D eigenvalue weighted by molar-refractivity contribution is 7.09. The third kappa shape index (κ3) is 4.24. The minimum absolute atomic E-state index is 0.121. The fourth-order valence-corrected chi connectivity index (χ4v) is 3.74. The van der Waals surface area contributed by atoms with Crippen molar-refractivity contribution in [3.63, 3.8) is 0 Å². The van der Waals surface area contributed by atoms with Crippen LogP contribution in [0.2, 0.25) is 5.02 Å². The molecule has 28 heavy (non-hydrogen) atoms. The van der Waals surface area contributed by atoms with E-state index in [0.717, 1.165) is 10.6 Å². The summed E-state index contributed by atoms with van der Waals surface area (Å²) in [5, 5.41) is 2.46. The molecule has 0 spiro atoms. The molecule has 7 heteroatoms. The molecule has 0 saturated carbocycles. The van der Waals surface area contributed by atoms with E-state index in [-0.39, 0.29) is 12.5 Å². The van der Waals surface area contributed by atoms with Gasteiger partial charge in [-0.3, -0.25) is 4.79 Å². The molecule has 0 radical (unpaired) electrons. The summed E-state index contributed by atoms with van der Waals surface area (Å²) in [5.41, 5.74) is 0.727. The molecule has 0 fully saturated rings. The lowest BCUT2D eigenvalue weighted by Crippen LogP contribution is -2.34. The Balaban J connectivity index is 1.56. The highest BCUT2D eigenvalue weighted by Gasteiger charge is 2.21. The molecular formula is C21H18ClNO4S. The zero-order valence-electron chi connectivity index (χ0n) is 15.0. The van der Waals surface area contributed by atoms with Gasteiger partial charge in [0.25, 0.3) is 5.91 Å². The van der Waals surface area contributed by atoms with E-state index in [0.29, 0.717) is 42.0 Å². The van der Waals surface area contributed by atoms with Crippen molar-refractivity contribution in [2.75, 3.05) is 24.7 Å². The highest BCUT2D eigenvalue weighted by atomic mass is 35.5. The van der Waals surface area contributed by atoms with Crippen molar-refractivity contribution < 1.29 is 19.0 Å². The molecule has 1 aromatic heterocycles. The summed E-state index contributed by atoms with van der Waals surface area (Å²) < 4.78 is 16.9. The Hall–Kier alpha value is -2.70. The molecule has 2 heterocycles. The molecule has 0 unspecified atom stereocenters. The lowest BCUT2D eigenvalue weighted by molar-refractivity contribution is -0.120. The monoisotopic (exact) mass is 415 g/mol. The summed E-state index contributed by atoms with van der Waals surface area (Å²) in [6.07, 6.45) is 0. The Bertz CT molecular complexity index is 961. The maximum absolute atomic E-state index is 13.0. The van der Waals surface area contributed by atoms with Gasteiger partial charge in [0.05, 0.1) is 11.6 Å². The van der Waals surface area contributed by atoms with Crippen molar-refractivity contribution in [2.24, 2.45) is 0 Å². The van der Waals surface area contributed by atoms with Gasteiger partial charge in [-0.05, 0) is 35.7 Å². The predicted octanol–water partition coefficient (Wildman–Crippen LogP) is 4.78. The van der Waals surface area contributed by atoms with Crippen LogP contribution in [0.25, 0.3) is 0 Å². The summed E-state index contributed by atoms with van der Waals surface area (Å²) >= 11 is 7.72. The van der Waals surface area contributed by atoms with Crippen LogP contribution in [0, 0.1) is 0 Å². The van der Waals surface area contributed by atoms with Crippen LogP contribution in [-0.2, 0) is 11.3 Å². The molecular weight excluding hydrogens is 398 g/mol. The smallest absolute Gasteiger partial charge is 0.265 e. The fraction of sp³-hybridized carbons (Fsp3) is 0.190. The van der Waals surface area contributed by atoms with Crippen LogP contribution in [0.15, 0.2) is 60.0 Å². The Kier molecular flexibility index (Phi) is 5.69. The molecule has 144 valence electrons. The first-order valence-electron chi connectivity index (χ1n) is 8.80. The lowest BCUT2D eigenvalue weighted by Gasteiger charge is -2.25. The molecule has 0 saturated heterocycles. The molecule has 1 aliphatic heterocycles. The molecule has 2 aromatic carbocycles. The molecule has 0 N–H and O–H groups in total. The molecule has 4 rings (SSSR count). The number of hydrogen-bond acceptors (Lipinski definition) is 5. The molecule has 3 aromatic rings. The van der Waals surface area contributed by atoms with Gasteiger partial charge in [0.2, 0.25) is 0 Å². The Labute approximate surface area is 172 Å². The third-order valence-corrected chi connectivity index (χ3v) is 5.39. The first kappa shape index (κ1) is 18.7. The highest BCUT2D eigenvalue weighted by Crippen LogP contribution is 2.35. The summed E-state index contributed by atoms with van der Waals surface area (Å²) in [5.74, 6) is 1.63. The number of halogens is 1. The van der Waals surface area contributed by atoms with Gasteiger partial charge in [0, 0.05) is 16.6 Å². The Morgan fingerprint density at radius 3 is 2.68 bits per heavy atom. The van der Waals surface area contributed by atoms with Crippen molar-refractivity contribution in [2.45, 2.75) is 6.54 Å². The van der Waals surface area contributed by atoms with Crippen LogP contribution < -0.4 is 19.1 Å². The van der Waals surface area contributed by atoms with Crippen molar-refractivity contribution in [1.82, 2.24) is 0 Å². The number of nitrogens with zero attached hydrogens (tertiary/aromatic N) is 1. The minimum atomic E-state index is -0.176. The van der Waals surface area contributed by atoms with Gasteiger partial charge in [-0.2, -0.15) is 0 Å². The minimum Gasteiger partial charge on any atom is -0.486 e. The average molecular weight is 416 g/mol. The second-order valence-electron chi connectivity index (χ2n) is 6.11.